The molecule has 1 aliphatic heterocycles. The lowest BCUT2D eigenvalue weighted by atomic mass is 10.0. The smallest absolute Gasteiger partial charge is 0.295 e. The Morgan fingerprint density at radius 1 is 1.37 bits per heavy atom. The van der Waals surface area contributed by atoms with Gasteiger partial charge < -0.3 is 5.32 Å². The number of aromatic nitrogens is 3. The predicted molar refractivity (Wildman–Crippen MR) is 90.9 cm³/mol. The summed E-state index contributed by atoms with van der Waals surface area (Å²) in [5, 5.41) is 18.0. The summed E-state index contributed by atoms with van der Waals surface area (Å²) >= 11 is 0. The fourth-order valence-corrected chi connectivity index (χ4v) is 3.06. The van der Waals surface area contributed by atoms with Crippen LogP contribution < -0.4 is 5.32 Å². The van der Waals surface area contributed by atoms with Crippen LogP contribution in [0.4, 0.5) is 14.5 Å². The fraction of sp³-hybridized carbons (Fsp3) is 0.438. The zero-order valence-electron chi connectivity index (χ0n) is 14.3. The molecule has 144 valence electrons. The Hall–Kier alpha value is -2.95. The van der Waals surface area contributed by atoms with E-state index >= 15 is 0 Å². The van der Waals surface area contributed by atoms with Crippen LogP contribution >= 0.6 is 0 Å². The molecule has 0 radical (unpaired) electrons. The van der Waals surface area contributed by atoms with Gasteiger partial charge in [-0.2, -0.15) is 5.10 Å². The normalized spacial score (nSPS) is 15.8. The molecule has 1 fully saturated rings. The Morgan fingerprint density at radius 3 is 2.70 bits per heavy atom. The van der Waals surface area contributed by atoms with E-state index in [1.165, 1.54) is 35.5 Å². The second-order valence-electron chi connectivity index (χ2n) is 6.24. The van der Waals surface area contributed by atoms with E-state index in [0.29, 0.717) is 25.9 Å². The fourth-order valence-electron chi connectivity index (χ4n) is 3.06. The molecule has 0 aliphatic carbocycles. The lowest BCUT2D eigenvalue weighted by molar-refractivity contribution is -0.384. The van der Waals surface area contributed by atoms with Gasteiger partial charge in [-0.15, -0.1) is 0 Å². The standard InChI is InChI=1S/C16H18F2N6O3/c17-15(18)8-22-5-3-12(4-6-22)21-16(25)11-1-2-13(14(7-11)24(26)27)23-10-19-9-20-23/h1-2,7,9-10,12,15H,3-6,8H2,(H,21,25). The first-order chi connectivity index (χ1) is 12.9. The molecule has 1 aromatic heterocycles. The number of nitro benzene ring substituents is 1. The molecule has 1 saturated heterocycles. The number of rotatable bonds is 6. The van der Waals surface area contributed by atoms with Gasteiger partial charge in [0, 0.05) is 30.8 Å². The first-order valence-corrected chi connectivity index (χ1v) is 8.39. The third-order valence-electron chi connectivity index (χ3n) is 4.42. The highest BCUT2D eigenvalue weighted by Crippen LogP contribution is 2.24. The number of nitrogens with zero attached hydrogens (tertiary/aromatic N) is 5. The molecule has 0 spiro atoms. The monoisotopic (exact) mass is 380 g/mol. The molecule has 27 heavy (non-hydrogen) atoms. The van der Waals surface area contributed by atoms with Crippen molar-refractivity contribution in [2.75, 3.05) is 19.6 Å². The summed E-state index contributed by atoms with van der Waals surface area (Å²) in [4.78, 5) is 28.6. The maximum absolute atomic E-state index is 12.4. The number of alkyl halides is 2. The Bertz CT molecular complexity index is 806. The van der Waals surface area contributed by atoms with Gasteiger partial charge in [0.2, 0.25) is 0 Å². The molecule has 0 saturated carbocycles. The zero-order chi connectivity index (χ0) is 19.4. The van der Waals surface area contributed by atoms with Gasteiger partial charge in [-0.3, -0.25) is 19.8 Å². The van der Waals surface area contributed by atoms with E-state index in [0.717, 1.165) is 0 Å². The summed E-state index contributed by atoms with van der Waals surface area (Å²) in [6, 6.07) is 3.96. The molecule has 1 aliphatic rings. The topological polar surface area (TPSA) is 106 Å². The van der Waals surface area contributed by atoms with Gasteiger partial charge in [0.05, 0.1) is 11.5 Å². The third-order valence-corrected chi connectivity index (χ3v) is 4.42. The Kier molecular flexibility index (Phi) is 5.69. The van der Waals surface area contributed by atoms with Crippen molar-refractivity contribution in [1.82, 2.24) is 25.0 Å². The number of amides is 1. The van der Waals surface area contributed by atoms with Crippen molar-refractivity contribution < 1.29 is 18.5 Å². The highest BCUT2D eigenvalue weighted by atomic mass is 19.3. The van der Waals surface area contributed by atoms with Gasteiger partial charge in [0.15, 0.2) is 0 Å². The number of nitro groups is 1. The van der Waals surface area contributed by atoms with E-state index < -0.39 is 17.3 Å². The number of benzene rings is 1. The number of halogens is 2. The van der Waals surface area contributed by atoms with Crippen LogP contribution in [0.1, 0.15) is 23.2 Å². The molecule has 9 nitrogen and oxygen atoms in total. The highest BCUT2D eigenvalue weighted by molar-refractivity contribution is 5.95. The second kappa shape index (κ2) is 8.16. The maximum Gasteiger partial charge on any atom is 0.295 e. The molecule has 1 N–H and O–H groups in total. The van der Waals surface area contributed by atoms with Crippen LogP contribution in [-0.2, 0) is 0 Å². The lowest BCUT2D eigenvalue weighted by Crippen LogP contribution is -2.45. The number of hydrogen-bond donors (Lipinski definition) is 1. The Morgan fingerprint density at radius 2 is 2.11 bits per heavy atom. The van der Waals surface area contributed by atoms with Crippen molar-refractivity contribution in [3.8, 4) is 5.69 Å². The van der Waals surface area contributed by atoms with E-state index in [-0.39, 0.29) is 29.5 Å². The zero-order valence-corrected chi connectivity index (χ0v) is 14.3. The van der Waals surface area contributed by atoms with E-state index in [9.17, 15) is 23.7 Å². The molecule has 1 amide bonds. The van der Waals surface area contributed by atoms with Gasteiger partial charge >= 0.3 is 0 Å². The number of piperidine rings is 1. The predicted octanol–water partition coefficient (Wildman–Crippen LogP) is 1.63. The van der Waals surface area contributed by atoms with E-state index in [4.69, 9.17) is 0 Å². The number of carbonyl (C=O) groups is 1. The van der Waals surface area contributed by atoms with E-state index in [1.807, 2.05) is 0 Å². The summed E-state index contributed by atoms with van der Waals surface area (Å²) in [5.74, 6) is -0.435. The summed E-state index contributed by atoms with van der Waals surface area (Å²) < 4.78 is 26.1. The van der Waals surface area contributed by atoms with Crippen molar-refractivity contribution in [2.24, 2.45) is 0 Å². The van der Waals surface area contributed by atoms with Crippen LogP contribution in [0.2, 0.25) is 0 Å². The van der Waals surface area contributed by atoms with Crippen molar-refractivity contribution in [1.29, 1.82) is 0 Å². The van der Waals surface area contributed by atoms with Crippen molar-refractivity contribution in [3.05, 3.63) is 46.5 Å². The minimum absolute atomic E-state index is 0.152. The summed E-state index contributed by atoms with van der Waals surface area (Å²) in [5.41, 5.74) is 0.0924. The molecular weight excluding hydrogens is 362 g/mol. The summed E-state index contributed by atoms with van der Waals surface area (Å²) in [7, 11) is 0. The molecule has 2 aromatic rings. The van der Waals surface area contributed by atoms with Gasteiger partial charge in [-0.25, -0.2) is 18.4 Å². The first-order valence-electron chi connectivity index (χ1n) is 8.39. The van der Waals surface area contributed by atoms with Crippen molar-refractivity contribution >= 4 is 11.6 Å². The van der Waals surface area contributed by atoms with E-state index in [2.05, 4.69) is 15.4 Å². The number of hydrogen-bond acceptors (Lipinski definition) is 6. The minimum atomic E-state index is -2.37. The van der Waals surface area contributed by atoms with Crippen LogP contribution in [0.3, 0.4) is 0 Å². The second-order valence-corrected chi connectivity index (χ2v) is 6.24. The SMILES string of the molecule is O=C(NC1CCN(CC(F)F)CC1)c1ccc(-n2cncn2)c([N+](=O)[O-])c1. The molecule has 11 heteroatoms. The van der Waals surface area contributed by atoms with Crippen molar-refractivity contribution in [2.45, 2.75) is 25.3 Å². The molecule has 1 aromatic carbocycles. The number of likely N-dealkylation sites (tertiary alicyclic amines) is 1. The molecule has 0 unspecified atom stereocenters. The summed E-state index contributed by atoms with van der Waals surface area (Å²) in [6.45, 7) is 0.679. The quantitative estimate of drug-likeness (QED) is 0.603. The minimum Gasteiger partial charge on any atom is -0.349 e. The highest BCUT2D eigenvalue weighted by Gasteiger charge is 2.24. The Balaban J connectivity index is 1.67. The van der Waals surface area contributed by atoms with Crippen molar-refractivity contribution in [3.63, 3.8) is 0 Å². The van der Waals surface area contributed by atoms with Crippen LogP contribution in [0.25, 0.3) is 5.69 Å². The lowest BCUT2D eigenvalue weighted by Gasteiger charge is -2.32. The first kappa shape index (κ1) is 18.8. The third kappa shape index (κ3) is 4.61. The van der Waals surface area contributed by atoms with Crippen LogP contribution in [0.5, 0.6) is 0 Å². The molecular formula is C16H18F2N6O3. The van der Waals surface area contributed by atoms with Gasteiger partial charge in [-0.1, -0.05) is 0 Å². The van der Waals surface area contributed by atoms with Crippen LogP contribution in [0, 0.1) is 10.1 Å². The molecule has 2 heterocycles. The maximum atomic E-state index is 12.4. The molecule has 0 bridgehead atoms. The molecule has 0 atom stereocenters. The molecule has 3 rings (SSSR count). The van der Waals surface area contributed by atoms with Gasteiger partial charge in [0.1, 0.15) is 18.3 Å². The van der Waals surface area contributed by atoms with Gasteiger partial charge in [-0.05, 0) is 25.0 Å². The van der Waals surface area contributed by atoms with Crippen LogP contribution in [0.15, 0.2) is 30.9 Å². The average molecular weight is 380 g/mol. The largest absolute Gasteiger partial charge is 0.349 e. The van der Waals surface area contributed by atoms with Crippen LogP contribution in [-0.4, -0.2) is 62.6 Å². The van der Waals surface area contributed by atoms with Gasteiger partial charge in [0.25, 0.3) is 18.0 Å². The number of carbonyl (C=O) groups excluding carboxylic acids is 1. The summed E-state index contributed by atoms with van der Waals surface area (Å²) in [6.07, 6.45) is 1.31. The Labute approximate surface area is 153 Å². The van der Waals surface area contributed by atoms with E-state index in [1.54, 1.807) is 4.90 Å². The number of nitrogens with one attached hydrogen (secondary N) is 1. The average Bonchev–Trinajstić information content (AvgIpc) is 3.17.